The van der Waals surface area contributed by atoms with Crippen LogP contribution < -0.4 is 0 Å². The van der Waals surface area contributed by atoms with Crippen molar-refractivity contribution in [3.05, 3.63) is 28.3 Å². The van der Waals surface area contributed by atoms with E-state index in [2.05, 4.69) is 53.7 Å². The summed E-state index contributed by atoms with van der Waals surface area (Å²) in [5, 5.41) is 1.23. The van der Waals surface area contributed by atoms with Gasteiger partial charge in [0.1, 0.15) is 0 Å². The van der Waals surface area contributed by atoms with E-state index < -0.39 is 0 Å². The Bertz CT molecular complexity index is 544. The average molecular weight is 247 g/mol. The molecule has 0 saturated heterocycles. The van der Waals surface area contributed by atoms with Crippen molar-refractivity contribution in [3.8, 4) is 0 Å². The lowest BCUT2D eigenvalue weighted by Gasteiger charge is -2.13. The molecule has 0 fully saturated rings. The van der Waals surface area contributed by atoms with Gasteiger partial charge in [-0.3, -0.25) is 0 Å². The number of nitrogens with zero attached hydrogens (tertiary/aromatic N) is 1. The Morgan fingerprint density at radius 1 is 1.18 bits per heavy atom. The summed E-state index contributed by atoms with van der Waals surface area (Å²) in [4.78, 5) is 4.76. The predicted octanol–water partition coefficient (Wildman–Crippen LogP) is 5.03. The third-order valence-electron chi connectivity index (χ3n) is 3.04. The van der Waals surface area contributed by atoms with E-state index in [1.54, 1.807) is 0 Å². The Morgan fingerprint density at radius 2 is 1.82 bits per heavy atom. The van der Waals surface area contributed by atoms with Crippen molar-refractivity contribution in [2.24, 2.45) is 0 Å². The van der Waals surface area contributed by atoms with E-state index in [1.165, 1.54) is 20.8 Å². The third kappa shape index (κ3) is 2.37. The Morgan fingerprint density at radius 3 is 2.35 bits per heavy atom. The topological polar surface area (TPSA) is 12.9 Å². The molecule has 1 aromatic heterocycles. The van der Waals surface area contributed by atoms with Gasteiger partial charge in [0, 0.05) is 5.41 Å². The highest BCUT2D eigenvalue weighted by molar-refractivity contribution is 7.18. The van der Waals surface area contributed by atoms with Crippen molar-refractivity contribution in [2.75, 3.05) is 0 Å². The number of thiazole rings is 1. The maximum Gasteiger partial charge on any atom is 0.0992 e. The van der Waals surface area contributed by atoms with Crippen molar-refractivity contribution < 1.29 is 0 Å². The quantitative estimate of drug-likeness (QED) is 0.689. The summed E-state index contributed by atoms with van der Waals surface area (Å²) in [5.41, 5.74) is 4.11. The molecule has 0 aliphatic heterocycles. The zero-order valence-corrected chi connectivity index (χ0v) is 12.4. The van der Waals surface area contributed by atoms with Gasteiger partial charge in [0.15, 0.2) is 0 Å². The van der Waals surface area contributed by atoms with Gasteiger partial charge in [-0.15, -0.1) is 11.3 Å². The van der Waals surface area contributed by atoms with Crippen LogP contribution in [0.5, 0.6) is 0 Å². The zero-order chi connectivity index (χ0) is 12.8. The van der Waals surface area contributed by atoms with Gasteiger partial charge in [0.2, 0.25) is 0 Å². The Labute approximate surface area is 108 Å². The molecule has 0 amide bonds. The lowest BCUT2D eigenvalue weighted by Crippen LogP contribution is -2.09. The maximum absolute atomic E-state index is 4.76. The van der Waals surface area contributed by atoms with Gasteiger partial charge in [0.05, 0.1) is 15.2 Å². The van der Waals surface area contributed by atoms with Crippen molar-refractivity contribution in [1.82, 2.24) is 4.98 Å². The van der Waals surface area contributed by atoms with Crippen molar-refractivity contribution in [3.63, 3.8) is 0 Å². The summed E-state index contributed by atoms with van der Waals surface area (Å²) in [5.74, 6) is 0.583. The van der Waals surface area contributed by atoms with Crippen LogP contribution in [-0.4, -0.2) is 4.98 Å². The molecular formula is C15H21NS. The minimum Gasteiger partial charge on any atom is -0.241 e. The molecule has 0 saturated carbocycles. The van der Waals surface area contributed by atoms with Crippen LogP contribution in [0.25, 0.3) is 10.2 Å². The molecule has 2 heteroatoms. The average Bonchev–Trinajstić information content (AvgIpc) is 2.58. The molecule has 92 valence electrons. The van der Waals surface area contributed by atoms with Crippen molar-refractivity contribution in [1.29, 1.82) is 0 Å². The highest BCUT2D eigenvalue weighted by Gasteiger charge is 2.19. The van der Waals surface area contributed by atoms with E-state index in [-0.39, 0.29) is 5.41 Å². The first-order valence-corrected chi connectivity index (χ1v) is 7.02. The monoisotopic (exact) mass is 247 g/mol. The number of hydrogen-bond donors (Lipinski definition) is 0. The number of benzene rings is 1. The summed E-state index contributed by atoms with van der Waals surface area (Å²) >= 11 is 1.83. The second-order valence-corrected chi connectivity index (χ2v) is 7.13. The van der Waals surface area contributed by atoms with Gasteiger partial charge in [-0.25, -0.2) is 4.98 Å². The predicted molar refractivity (Wildman–Crippen MR) is 77.1 cm³/mol. The largest absolute Gasteiger partial charge is 0.241 e. The number of aryl methyl sites for hydroxylation is 1. The van der Waals surface area contributed by atoms with Crippen LogP contribution in [0, 0.1) is 6.92 Å². The van der Waals surface area contributed by atoms with Crippen LogP contribution >= 0.6 is 11.3 Å². The van der Waals surface area contributed by atoms with Crippen molar-refractivity contribution in [2.45, 2.75) is 52.9 Å². The molecule has 0 spiro atoms. The molecule has 0 bridgehead atoms. The lowest BCUT2D eigenvalue weighted by atomic mass is 9.97. The molecule has 0 aliphatic carbocycles. The Kier molecular flexibility index (Phi) is 3.03. The fourth-order valence-corrected chi connectivity index (χ4v) is 3.09. The minimum absolute atomic E-state index is 0.148. The fraction of sp³-hybridized carbons (Fsp3) is 0.533. The Balaban J connectivity index is 2.63. The van der Waals surface area contributed by atoms with Crippen LogP contribution in [-0.2, 0) is 5.41 Å². The van der Waals surface area contributed by atoms with E-state index >= 15 is 0 Å². The molecular weight excluding hydrogens is 226 g/mol. The van der Waals surface area contributed by atoms with Gasteiger partial charge in [0.25, 0.3) is 0 Å². The molecule has 0 N–H and O–H groups in total. The summed E-state index contributed by atoms with van der Waals surface area (Å²) in [6.07, 6.45) is 0. The smallest absolute Gasteiger partial charge is 0.0992 e. The summed E-state index contributed by atoms with van der Waals surface area (Å²) in [6, 6.07) is 4.55. The number of fused-ring (bicyclic) bond motifs is 1. The van der Waals surface area contributed by atoms with E-state index in [0.717, 1.165) is 5.52 Å². The zero-order valence-electron chi connectivity index (χ0n) is 11.6. The van der Waals surface area contributed by atoms with Crippen LogP contribution in [0.15, 0.2) is 12.1 Å². The molecule has 0 atom stereocenters. The number of hydrogen-bond acceptors (Lipinski definition) is 2. The van der Waals surface area contributed by atoms with Crippen LogP contribution in [0.3, 0.4) is 0 Å². The van der Waals surface area contributed by atoms with Gasteiger partial charge < -0.3 is 0 Å². The van der Waals surface area contributed by atoms with Crippen LogP contribution in [0.4, 0.5) is 0 Å². The minimum atomic E-state index is 0.148. The Hall–Kier alpha value is -0.890. The molecule has 0 radical (unpaired) electrons. The van der Waals surface area contributed by atoms with Gasteiger partial charge >= 0.3 is 0 Å². The summed E-state index contributed by atoms with van der Waals surface area (Å²) < 4.78 is 1.32. The van der Waals surface area contributed by atoms with Gasteiger partial charge in [-0.05, 0) is 36.1 Å². The molecule has 17 heavy (non-hydrogen) atoms. The van der Waals surface area contributed by atoms with Gasteiger partial charge in [-0.1, -0.05) is 34.6 Å². The molecule has 1 heterocycles. The number of aromatic nitrogens is 1. The standard InChI is InChI=1S/C15H21NS/c1-9(2)11-8-13-12(7-10(11)3)16-14(17-13)15(4,5)6/h7-9H,1-6H3. The van der Waals surface area contributed by atoms with Crippen LogP contribution in [0.1, 0.15) is 56.7 Å². The normalized spacial score (nSPS) is 12.6. The molecule has 2 rings (SSSR count). The SMILES string of the molecule is Cc1cc2nc(C(C)(C)C)sc2cc1C(C)C. The summed E-state index contributed by atoms with van der Waals surface area (Å²) in [7, 11) is 0. The lowest BCUT2D eigenvalue weighted by molar-refractivity contribution is 0.587. The maximum atomic E-state index is 4.76. The first-order chi connectivity index (χ1) is 7.79. The fourth-order valence-electron chi connectivity index (χ4n) is 2.04. The van der Waals surface area contributed by atoms with E-state index in [9.17, 15) is 0 Å². The van der Waals surface area contributed by atoms with Crippen LogP contribution in [0.2, 0.25) is 0 Å². The van der Waals surface area contributed by atoms with Crippen molar-refractivity contribution >= 4 is 21.6 Å². The molecule has 1 aromatic carbocycles. The molecule has 1 nitrogen and oxygen atoms in total. The summed E-state index contributed by atoms with van der Waals surface area (Å²) in [6.45, 7) is 13.4. The third-order valence-corrected chi connectivity index (χ3v) is 4.48. The second-order valence-electron chi connectivity index (χ2n) is 6.10. The first-order valence-electron chi connectivity index (χ1n) is 6.20. The highest BCUT2D eigenvalue weighted by atomic mass is 32.1. The highest BCUT2D eigenvalue weighted by Crippen LogP contribution is 2.34. The van der Waals surface area contributed by atoms with E-state index in [4.69, 9.17) is 4.98 Å². The van der Waals surface area contributed by atoms with Gasteiger partial charge in [-0.2, -0.15) is 0 Å². The molecule has 0 unspecified atom stereocenters. The number of rotatable bonds is 1. The van der Waals surface area contributed by atoms with E-state index in [0.29, 0.717) is 5.92 Å². The molecule has 2 aromatic rings. The van der Waals surface area contributed by atoms with E-state index in [1.807, 2.05) is 11.3 Å². The molecule has 0 aliphatic rings. The first kappa shape index (κ1) is 12.6. The second kappa shape index (κ2) is 4.09.